The van der Waals surface area contributed by atoms with Gasteiger partial charge in [0.05, 0.1) is 12.9 Å². The highest BCUT2D eigenvalue weighted by Crippen LogP contribution is 2.27. The molecule has 0 aliphatic heterocycles. The van der Waals surface area contributed by atoms with Gasteiger partial charge in [-0.05, 0) is 17.7 Å². The van der Waals surface area contributed by atoms with Gasteiger partial charge in [-0.25, -0.2) is 13.8 Å². The summed E-state index contributed by atoms with van der Waals surface area (Å²) in [5, 5.41) is 0. The second-order valence-electron chi connectivity index (χ2n) is 4.72. The molecule has 0 saturated carbocycles. The SMILES string of the molecule is Nc1c(-c2ccc(F)cc2F)ncn1Cc1ccccc1. The number of anilines is 1. The summed E-state index contributed by atoms with van der Waals surface area (Å²) < 4.78 is 28.5. The van der Waals surface area contributed by atoms with Crippen molar-refractivity contribution < 1.29 is 8.78 Å². The fourth-order valence-electron chi connectivity index (χ4n) is 2.19. The first kappa shape index (κ1) is 13.3. The van der Waals surface area contributed by atoms with Gasteiger partial charge in [0.25, 0.3) is 0 Å². The van der Waals surface area contributed by atoms with Gasteiger partial charge in [0.15, 0.2) is 0 Å². The van der Waals surface area contributed by atoms with Crippen LogP contribution in [0.3, 0.4) is 0 Å². The lowest BCUT2D eigenvalue weighted by molar-refractivity contribution is 0.585. The van der Waals surface area contributed by atoms with E-state index in [1.807, 2.05) is 30.3 Å². The highest BCUT2D eigenvalue weighted by molar-refractivity contribution is 5.70. The van der Waals surface area contributed by atoms with Crippen LogP contribution in [0.4, 0.5) is 14.6 Å². The van der Waals surface area contributed by atoms with E-state index in [0.717, 1.165) is 11.6 Å². The molecule has 0 atom stereocenters. The molecule has 2 N–H and O–H groups in total. The maximum Gasteiger partial charge on any atom is 0.135 e. The molecular weight excluding hydrogens is 272 g/mol. The molecule has 0 aliphatic carbocycles. The number of aromatic nitrogens is 2. The van der Waals surface area contributed by atoms with Gasteiger partial charge in [0.1, 0.15) is 23.1 Å². The van der Waals surface area contributed by atoms with Gasteiger partial charge in [0.2, 0.25) is 0 Å². The molecular formula is C16H13F2N3. The van der Waals surface area contributed by atoms with Crippen LogP contribution in [-0.4, -0.2) is 9.55 Å². The largest absolute Gasteiger partial charge is 0.383 e. The molecule has 0 saturated heterocycles. The number of hydrogen-bond donors (Lipinski definition) is 1. The van der Waals surface area contributed by atoms with Crippen molar-refractivity contribution in [2.75, 3.05) is 5.73 Å². The number of nitrogen functional groups attached to an aromatic ring is 1. The Morgan fingerprint density at radius 3 is 2.52 bits per heavy atom. The highest BCUT2D eigenvalue weighted by Gasteiger charge is 2.14. The molecule has 0 spiro atoms. The van der Waals surface area contributed by atoms with Crippen molar-refractivity contribution in [3.8, 4) is 11.3 Å². The monoisotopic (exact) mass is 285 g/mol. The molecule has 21 heavy (non-hydrogen) atoms. The lowest BCUT2D eigenvalue weighted by Gasteiger charge is -2.06. The van der Waals surface area contributed by atoms with E-state index >= 15 is 0 Å². The second-order valence-corrected chi connectivity index (χ2v) is 4.72. The standard InChI is InChI=1S/C16H13F2N3/c17-12-6-7-13(14(18)8-12)15-16(19)21(10-20-15)9-11-4-2-1-3-5-11/h1-8,10H,9,19H2. The minimum absolute atomic E-state index is 0.195. The zero-order valence-electron chi connectivity index (χ0n) is 11.1. The Kier molecular flexibility index (Phi) is 3.39. The highest BCUT2D eigenvalue weighted by atomic mass is 19.1. The zero-order chi connectivity index (χ0) is 14.8. The molecule has 106 valence electrons. The third-order valence-corrected chi connectivity index (χ3v) is 3.26. The molecule has 1 heterocycles. The minimum atomic E-state index is -0.674. The summed E-state index contributed by atoms with van der Waals surface area (Å²) >= 11 is 0. The molecule has 1 aromatic heterocycles. The van der Waals surface area contributed by atoms with Crippen LogP contribution in [0, 0.1) is 11.6 Å². The molecule has 3 aromatic rings. The molecule has 3 nitrogen and oxygen atoms in total. The van der Waals surface area contributed by atoms with Crippen LogP contribution in [-0.2, 0) is 6.54 Å². The number of hydrogen-bond acceptors (Lipinski definition) is 2. The molecule has 0 bridgehead atoms. The van der Waals surface area contributed by atoms with E-state index in [0.29, 0.717) is 18.1 Å². The Morgan fingerprint density at radius 1 is 1.05 bits per heavy atom. The lowest BCUT2D eigenvalue weighted by atomic mass is 10.1. The van der Waals surface area contributed by atoms with Crippen molar-refractivity contribution in [3.05, 3.63) is 72.1 Å². The summed E-state index contributed by atoms with van der Waals surface area (Å²) in [6, 6.07) is 13.1. The predicted octanol–water partition coefficient (Wildman–Crippen LogP) is 3.46. The average Bonchev–Trinajstić information content (AvgIpc) is 2.82. The Bertz CT molecular complexity index is 766. The second kappa shape index (κ2) is 5.36. The first-order valence-corrected chi connectivity index (χ1v) is 6.45. The van der Waals surface area contributed by atoms with Crippen LogP contribution < -0.4 is 5.73 Å². The Morgan fingerprint density at radius 2 is 1.81 bits per heavy atom. The van der Waals surface area contributed by atoms with Crippen molar-refractivity contribution in [1.29, 1.82) is 0 Å². The molecule has 0 fully saturated rings. The van der Waals surface area contributed by atoms with Crippen LogP contribution in [0.25, 0.3) is 11.3 Å². The lowest BCUT2D eigenvalue weighted by Crippen LogP contribution is -2.03. The van der Waals surface area contributed by atoms with Crippen molar-refractivity contribution in [2.24, 2.45) is 0 Å². The average molecular weight is 285 g/mol. The number of imidazole rings is 1. The van der Waals surface area contributed by atoms with Crippen LogP contribution in [0.2, 0.25) is 0 Å². The fraction of sp³-hybridized carbons (Fsp3) is 0.0625. The van der Waals surface area contributed by atoms with E-state index in [1.54, 1.807) is 10.9 Å². The molecule has 0 unspecified atom stereocenters. The number of nitrogens with two attached hydrogens (primary N) is 1. The first-order valence-electron chi connectivity index (χ1n) is 6.45. The molecule has 0 radical (unpaired) electrons. The van der Waals surface area contributed by atoms with Gasteiger partial charge in [-0.1, -0.05) is 30.3 Å². The quantitative estimate of drug-likeness (QED) is 0.801. The number of halogens is 2. The summed E-state index contributed by atoms with van der Waals surface area (Å²) in [5.74, 6) is -0.949. The number of rotatable bonds is 3. The van der Waals surface area contributed by atoms with Crippen molar-refractivity contribution in [2.45, 2.75) is 6.54 Å². The van der Waals surface area contributed by atoms with Gasteiger partial charge in [0, 0.05) is 11.6 Å². The molecule has 5 heteroatoms. The summed E-state index contributed by atoms with van der Waals surface area (Å²) in [6.45, 7) is 0.544. The predicted molar refractivity (Wildman–Crippen MR) is 77.5 cm³/mol. The smallest absolute Gasteiger partial charge is 0.135 e. The maximum absolute atomic E-state index is 13.8. The summed E-state index contributed by atoms with van der Waals surface area (Å²) in [4.78, 5) is 4.15. The van der Waals surface area contributed by atoms with Crippen LogP contribution in [0.1, 0.15) is 5.56 Å². The third kappa shape index (κ3) is 2.63. The molecule has 0 aliphatic rings. The topological polar surface area (TPSA) is 43.8 Å². The summed E-state index contributed by atoms with van der Waals surface area (Å²) in [6.07, 6.45) is 1.56. The fourth-order valence-corrected chi connectivity index (χ4v) is 2.19. The summed E-state index contributed by atoms with van der Waals surface area (Å²) in [7, 11) is 0. The van der Waals surface area contributed by atoms with Crippen LogP contribution in [0.5, 0.6) is 0 Å². The van der Waals surface area contributed by atoms with Gasteiger partial charge >= 0.3 is 0 Å². The van der Waals surface area contributed by atoms with Crippen LogP contribution >= 0.6 is 0 Å². The van der Waals surface area contributed by atoms with Crippen molar-refractivity contribution in [3.63, 3.8) is 0 Å². The van der Waals surface area contributed by atoms with E-state index in [-0.39, 0.29) is 5.56 Å². The molecule has 0 amide bonds. The number of nitrogens with zero attached hydrogens (tertiary/aromatic N) is 2. The van der Waals surface area contributed by atoms with Gasteiger partial charge in [-0.2, -0.15) is 0 Å². The van der Waals surface area contributed by atoms with Crippen molar-refractivity contribution in [1.82, 2.24) is 9.55 Å². The normalized spacial score (nSPS) is 10.8. The first-order chi connectivity index (χ1) is 10.1. The third-order valence-electron chi connectivity index (χ3n) is 3.26. The van der Waals surface area contributed by atoms with Crippen molar-refractivity contribution >= 4 is 5.82 Å². The Labute approximate surface area is 120 Å². The number of benzene rings is 2. The summed E-state index contributed by atoms with van der Waals surface area (Å²) in [5.41, 5.74) is 7.61. The van der Waals surface area contributed by atoms with E-state index in [1.165, 1.54) is 12.1 Å². The molecule has 2 aromatic carbocycles. The Hall–Kier alpha value is -2.69. The Balaban J connectivity index is 1.96. The minimum Gasteiger partial charge on any atom is -0.383 e. The van der Waals surface area contributed by atoms with Gasteiger partial charge in [-0.15, -0.1) is 0 Å². The van der Waals surface area contributed by atoms with E-state index < -0.39 is 11.6 Å². The van der Waals surface area contributed by atoms with Gasteiger partial charge in [-0.3, -0.25) is 0 Å². The zero-order valence-corrected chi connectivity index (χ0v) is 11.1. The van der Waals surface area contributed by atoms with Gasteiger partial charge < -0.3 is 10.3 Å². The van der Waals surface area contributed by atoms with E-state index in [4.69, 9.17) is 5.73 Å². The van der Waals surface area contributed by atoms with Crippen LogP contribution in [0.15, 0.2) is 54.9 Å². The maximum atomic E-state index is 13.8. The molecule has 3 rings (SSSR count). The van der Waals surface area contributed by atoms with E-state index in [9.17, 15) is 8.78 Å². The van der Waals surface area contributed by atoms with E-state index in [2.05, 4.69) is 4.98 Å².